The molecule has 1 atom stereocenters. The molecule has 0 fully saturated rings. The molecule has 0 bridgehead atoms. The number of nitrogens with zero attached hydrogens (tertiary/aromatic N) is 2. The highest BCUT2D eigenvalue weighted by molar-refractivity contribution is 5.76. The fraction of sp³-hybridized carbons (Fsp3) is 0.467. The maximum Gasteiger partial charge on any atom is 0.303 e. The van der Waals surface area contributed by atoms with Crippen molar-refractivity contribution in [1.82, 2.24) is 9.55 Å². The van der Waals surface area contributed by atoms with Crippen LogP contribution in [-0.2, 0) is 17.8 Å². The molecular formula is C15H19FN2O2. The van der Waals surface area contributed by atoms with Crippen LogP contribution in [0.15, 0.2) is 18.2 Å². The Morgan fingerprint density at radius 2 is 2.25 bits per heavy atom. The summed E-state index contributed by atoms with van der Waals surface area (Å²) in [4.78, 5) is 15.2. The maximum atomic E-state index is 13.3. The highest BCUT2D eigenvalue weighted by atomic mass is 19.1. The molecule has 1 heterocycles. The van der Waals surface area contributed by atoms with E-state index in [-0.39, 0.29) is 18.2 Å². The van der Waals surface area contributed by atoms with E-state index in [1.807, 2.05) is 6.92 Å². The highest BCUT2D eigenvalue weighted by Crippen LogP contribution is 2.21. The minimum Gasteiger partial charge on any atom is -0.481 e. The van der Waals surface area contributed by atoms with E-state index in [9.17, 15) is 9.18 Å². The second kappa shape index (κ2) is 6.03. The van der Waals surface area contributed by atoms with Crippen LogP contribution in [0, 0.1) is 11.7 Å². The molecule has 1 unspecified atom stereocenters. The van der Waals surface area contributed by atoms with Crippen LogP contribution in [0.2, 0.25) is 0 Å². The summed E-state index contributed by atoms with van der Waals surface area (Å²) in [5.74, 6) is -0.267. The Morgan fingerprint density at radius 1 is 1.50 bits per heavy atom. The summed E-state index contributed by atoms with van der Waals surface area (Å²) in [6.07, 6.45) is 1.65. The van der Waals surface area contributed by atoms with Gasteiger partial charge in [0.05, 0.1) is 11.0 Å². The predicted octanol–water partition coefficient (Wildman–Crippen LogP) is 3.24. The monoisotopic (exact) mass is 278 g/mol. The number of fused-ring (bicyclic) bond motifs is 1. The van der Waals surface area contributed by atoms with Crippen molar-refractivity contribution >= 4 is 17.0 Å². The van der Waals surface area contributed by atoms with E-state index in [1.54, 1.807) is 6.07 Å². The number of benzene rings is 1. The zero-order valence-electron chi connectivity index (χ0n) is 11.8. The first kappa shape index (κ1) is 14.5. The number of aryl methyl sites for hydroxylation is 1. The Morgan fingerprint density at radius 3 is 2.90 bits per heavy atom. The molecule has 0 spiro atoms. The van der Waals surface area contributed by atoms with E-state index in [1.165, 1.54) is 12.1 Å². The molecule has 5 heteroatoms. The summed E-state index contributed by atoms with van der Waals surface area (Å²) in [6.45, 7) is 4.77. The fourth-order valence-corrected chi connectivity index (χ4v) is 2.46. The van der Waals surface area contributed by atoms with Gasteiger partial charge in [-0.2, -0.15) is 0 Å². The Hall–Kier alpha value is -1.91. The summed E-state index contributed by atoms with van der Waals surface area (Å²) in [6, 6.07) is 4.59. The van der Waals surface area contributed by atoms with Crippen LogP contribution in [0.5, 0.6) is 0 Å². The van der Waals surface area contributed by atoms with Gasteiger partial charge in [-0.05, 0) is 24.5 Å². The summed E-state index contributed by atoms with van der Waals surface area (Å²) in [5, 5.41) is 8.83. The molecule has 2 aromatic rings. The normalized spacial score (nSPS) is 12.8. The number of carboxylic acids is 1. The van der Waals surface area contributed by atoms with Gasteiger partial charge in [0.2, 0.25) is 0 Å². The minimum absolute atomic E-state index is 0.00441. The van der Waals surface area contributed by atoms with Gasteiger partial charge in [0.25, 0.3) is 0 Å². The fourth-order valence-electron chi connectivity index (χ4n) is 2.46. The van der Waals surface area contributed by atoms with Crippen LogP contribution >= 0.6 is 0 Å². The molecule has 0 aliphatic rings. The van der Waals surface area contributed by atoms with E-state index in [0.717, 1.165) is 24.3 Å². The molecule has 0 aliphatic carbocycles. The topological polar surface area (TPSA) is 55.1 Å². The third-order valence-electron chi connectivity index (χ3n) is 3.29. The van der Waals surface area contributed by atoms with Gasteiger partial charge in [0.1, 0.15) is 11.6 Å². The standard InChI is InChI=1S/C15H19FN2O2/c1-3-6-18-13-5-4-11(16)9-12(13)17-14(18)7-10(2)8-15(19)20/h4-5,9-10H,3,6-8H2,1-2H3,(H,19,20). The number of halogens is 1. The van der Waals surface area contributed by atoms with E-state index >= 15 is 0 Å². The van der Waals surface area contributed by atoms with Crippen molar-refractivity contribution in [3.8, 4) is 0 Å². The minimum atomic E-state index is -0.804. The first-order chi connectivity index (χ1) is 9.51. The van der Waals surface area contributed by atoms with Crippen molar-refractivity contribution in [1.29, 1.82) is 0 Å². The number of aromatic nitrogens is 2. The number of carboxylic acid groups (broad SMARTS) is 1. The van der Waals surface area contributed by atoms with Crippen LogP contribution in [-0.4, -0.2) is 20.6 Å². The van der Waals surface area contributed by atoms with Crippen LogP contribution in [0.3, 0.4) is 0 Å². The zero-order valence-corrected chi connectivity index (χ0v) is 11.8. The van der Waals surface area contributed by atoms with Crippen molar-refractivity contribution in [3.05, 3.63) is 29.8 Å². The SMILES string of the molecule is CCCn1c(CC(C)CC(=O)O)nc2cc(F)ccc21. The lowest BCUT2D eigenvalue weighted by Crippen LogP contribution is -2.11. The van der Waals surface area contributed by atoms with Crippen LogP contribution < -0.4 is 0 Å². The second-order valence-electron chi connectivity index (χ2n) is 5.22. The first-order valence-electron chi connectivity index (χ1n) is 6.87. The van der Waals surface area contributed by atoms with Crippen LogP contribution in [0.4, 0.5) is 4.39 Å². The van der Waals surface area contributed by atoms with Crippen molar-refractivity contribution in [2.75, 3.05) is 0 Å². The average Bonchev–Trinajstić information content (AvgIpc) is 2.66. The van der Waals surface area contributed by atoms with Gasteiger partial charge >= 0.3 is 5.97 Å². The summed E-state index contributed by atoms with van der Waals surface area (Å²) in [7, 11) is 0. The lowest BCUT2D eigenvalue weighted by molar-refractivity contribution is -0.137. The highest BCUT2D eigenvalue weighted by Gasteiger charge is 2.15. The van der Waals surface area contributed by atoms with E-state index in [2.05, 4.69) is 16.5 Å². The number of imidazole rings is 1. The molecule has 20 heavy (non-hydrogen) atoms. The summed E-state index contributed by atoms with van der Waals surface area (Å²) in [5.41, 5.74) is 1.54. The predicted molar refractivity (Wildman–Crippen MR) is 75.1 cm³/mol. The number of hydrogen-bond donors (Lipinski definition) is 1. The molecule has 2 rings (SSSR count). The van der Waals surface area contributed by atoms with Gasteiger partial charge in [-0.1, -0.05) is 13.8 Å². The zero-order chi connectivity index (χ0) is 14.7. The molecule has 0 saturated heterocycles. The third-order valence-corrected chi connectivity index (χ3v) is 3.29. The van der Waals surface area contributed by atoms with Gasteiger partial charge in [0.15, 0.2) is 0 Å². The maximum absolute atomic E-state index is 13.3. The molecule has 1 N–H and O–H groups in total. The number of carbonyl (C=O) groups is 1. The molecule has 0 amide bonds. The van der Waals surface area contributed by atoms with Gasteiger partial charge in [0, 0.05) is 25.5 Å². The molecule has 108 valence electrons. The number of rotatable bonds is 6. The van der Waals surface area contributed by atoms with Crippen molar-refractivity contribution in [2.45, 2.75) is 39.7 Å². The van der Waals surface area contributed by atoms with Crippen LogP contribution in [0.1, 0.15) is 32.5 Å². The van der Waals surface area contributed by atoms with E-state index < -0.39 is 5.97 Å². The van der Waals surface area contributed by atoms with Crippen molar-refractivity contribution in [2.24, 2.45) is 5.92 Å². The molecular weight excluding hydrogens is 259 g/mol. The van der Waals surface area contributed by atoms with Gasteiger partial charge in [-0.15, -0.1) is 0 Å². The largest absolute Gasteiger partial charge is 0.481 e. The molecule has 0 aliphatic heterocycles. The van der Waals surface area contributed by atoms with Gasteiger partial charge < -0.3 is 9.67 Å². The van der Waals surface area contributed by atoms with Gasteiger partial charge in [-0.3, -0.25) is 4.79 Å². The molecule has 0 saturated carbocycles. The lowest BCUT2D eigenvalue weighted by atomic mass is 10.0. The van der Waals surface area contributed by atoms with Crippen LogP contribution in [0.25, 0.3) is 11.0 Å². The molecule has 1 aromatic carbocycles. The summed E-state index contributed by atoms with van der Waals surface area (Å²) >= 11 is 0. The molecule has 4 nitrogen and oxygen atoms in total. The van der Waals surface area contributed by atoms with Gasteiger partial charge in [-0.25, -0.2) is 9.37 Å². The Bertz CT molecular complexity index is 622. The third kappa shape index (κ3) is 3.15. The average molecular weight is 278 g/mol. The summed E-state index contributed by atoms with van der Waals surface area (Å²) < 4.78 is 15.3. The van der Waals surface area contributed by atoms with Crippen molar-refractivity contribution in [3.63, 3.8) is 0 Å². The van der Waals surface area contributed by atoms with E-state index in [4.69, 9.17) is 5.11 Å². The lowest BCUT2D eigenvalue weighted by Gasteiger charge is -2.11. The smallest absolute Gasteiger partial charge is 0.303 e. The Balaban J connectivity index is 2.35. The Labute approximate surface area is 117 Å². The van der Waals surface area contributed by atoms with E-state index in [0.29, 0.717) is 11.9 Å². The molecule has 0 radical (unpaired) electrons. The molecule has 1 aromatic heterocycles. The quantitative estimate of drug-likeness (QED) is 0.882. The van der Waals surface area contributed by atoms with Crippen molar-refractivity contribution < 1.29 is 14.3 Å². The number of aliphatic carboxylic acids is 1. The Kier molecular flexibility index (Phi) is 4.37. The second-order valence-corrected chi connectivity index (χ2v) is 5.22. The number of hydrogen-bond acceptors (Lipinski definition) is 2. The first-order valence-corrected chi connectivity index (χ1v) is 6.87.